The maximum absolute atomic E-state index is 12.1. The molecule has 0 unspecified atom stereocenters. The number of likely N-dealkylation sites (N-methyl/N-ethyl adjacent to an activating group) is 1. The second kappa shape index (κ2) is 7.42. The van der Waals surface area contributed by atoms with E-state index < -0.39 is 0 Å². The maximum Gasteiger partial charge on any atom is 0.238 e. The minimum atomic E-state index is -0.0864. The lowest BCUT2D eigenvalue weighted by atomic mass is 10.2. The third-order valence-corrected chi connectivity index (χ3v) is 4.51. The normalized spacial score (nSPS) is 12.5. The molecule has 1 heterocycles. The van der Waals surface area contributed by atoms with Crippen molar-refractivity contribution in [3.8, 4) is 11.5 Å². The van der Waals surface area contributed by atoms with Crippen molar-refractivity contribution in [2.45, 2.75) is 6.54 Å². The molecular weight excluding hydrogens is 396 g/mol. The van der Waals surface area contributed by atoms with Crippen LogP contribution in [0, 0.1) is 0 Å². The molecule has 3 rings (SSSR count). The van der Waals surface area contributed by atoms with Gasteiger partial charge in [-0.25, -0.2) is 0 Å². The van der Waals surface area contributed by atoms with E-state index in [4.69, 9.17) is 21.1 Å². The Hall–Kier alpha value is -1.76. The minimum absolute atomic E-state index is 0.0864. The van der Waals surface area contributed by atoms with Gasteiger partial charge in [-0.15, -0.1) is 0 Å². The Morgan fingerprint density at radius 2 is 1.92 bits per heavy atom. The van der Waals surface area contributed by atoms with Crippen LogP contribution in [0.3, 0.4) is 0 Å². The third-order valence-electron chi connectivity index (χ3n) is 3.52. The van der Waals surface area contributed by atoms with Gasteiger partial charge in [-0.2, -0.15) is 0 Å². The summed E-state index contributed by atoms with van der Waals surface area (Å²) in [4.78, 5) is 14.1. The van der Waals surface area contributed by atoms with Crippen molar-refractivity contribution in [2.24, 2.45) is 0 Å². The van der Waals surface area contributed by atoms with Gasteiger partial charge in [-0.3, -0.25) is 9.69 Å². The van der Waals surface area contributed by atoms with Crippen molar-refractivity contribution >= 4 is 39.1 Å². The molecule has 0 atom stereocenters. The third kappa shape index (κ3) is 4.20. The number of anilines is 1. The van der Waals surface area contributed by atoms with Gasteiger partial charge < -0.3 is 14.8 Å². The Bertz CT molecular complexity index is 752. The van der Waals surface area contributed by atoms with Crippen LogP contribution < -0.4 is 14.8 Å². The SMILES string of the molecule is CN(CC(=O)Nc1ccc(Cl)cc1)Cc1cc2c(cc1Br)OCO2. The highest BCUT2D eigenvalue weighted by atomic mass is 79.9. The first-order chi connectivity index (χ1) is 11.5. The molecule has 7 heteroatoms. The van der Waals surface area contributed by atoms with Crippen LogP contribution in [0.4, 0.5) is 5.69 Å². The molecule has 0 spiro atoms. The first kappa shape index (κ1) is 17.1. The summed E-state index contributed by atoms with van der Waals surface area (Å²) in [5, 5.41) is 3.48. The van der Waals surface area contributed by atoms with E-state index in [1.165, 1.54) is 0 Å². The van der Waals surface area contributed by atoms with E-state index in [1.54, 1.807) is 24.3 Å². The van der Waals surface area contributed by atoms with Gasteiger partial charge in [-0.1, -0.05) is 27.5 Å². The first-order valence-corrected chi connectivity index (χ1v) is 8.50. The molecule has 5 nitrogen and oxygen atoms in total. The van der Waals surface area contributed by atoms with Gasteiger partial charge in [0.15, 0.2) is 11.5 Å². The van der Waals surface area contributed by atoms with Gasteiger partial charge in [0.2, 0.25) is 12.7 Å². The van der Waals surface area contributed by atoms with Crippen molar-refractivity contribution in [1.29, 1.82) is 0 Å². The van der Waals surface area contributed by atoms with Crippen molar-refractivity contribution in [3.05, 3.63) is 51.5 Å². The molecule has 1 N–H and O–H groups in total. The van der Waals surface area contributed by atoms with Crippen molar-refractivity contribution < 1.29 is 14.3 Å². The Kier molecular flexibility index (Phi) is 5.28. The molecular formula is C17H16BrClN2O3. The van der Waals surface area contributed by atoms with Crippen LogP contribution in [0.2, 0.25) is 5.02 Å². The average molecular weight is 412 g/mol. The number of nitrogens with one attached hydrogen (secondary N) is 1. The molecule has 0 bridgehead atoms. The zero-order chi connectivity index (χ0) is 17.1. The topological polar surface area (TPSA) is 50.8 Å². The predicted octanol–water partition coefficient (Wildman–Crippen LogP) is 3.90. The number of carbonyl (C=O) groups is 1. The van der Waals surface area contributed by atoms with Crippen LogP contribution >= 0.6 is 27.5 Å². The Balaban J connectivity index is 1.58. The summed E-state index contributed by atoms with van der Waals surface area (Å²) < 4.78 is 11.7. The Morgan fingerprint density at radius 1 is 1.25 bits per heavy atom. The smallest absolute Gasteiger partial charge is 0.238 e. The van der Waals surface area contributed by atoms with Gasteiger partial charge in [0, 0.05) is 21.7 Å². The summed E-state index contributed by atoms with van der Waals surface area (Å²) in [5.74, 6) is 1.37. The molecule has 0 saturated carbocycles. The molecule has 0 fully saturated rings. The van der Waals surface area contributed by atoms with Crippen LogP contribution in [0.25, 0.3) is 0 Å². The quantitative estimate of drug-likeness (QED) is 0.811. The largest absolute Gasteiger partial charge is 0.454 e. The molecule has 126 valence electrons. The average Bonchev–Trinajstić information content (AvgIpc) is 2.97. The van der Waals surface area contributed by atoms with Crippen LogP contribution in [0.1, 0.15) is 5.56 Å². The number of ether oxygens (including phenoxy) is 2. The summed E-state index contributed by atoms with van der Waals surface area (Å²) in [6, 6.07) is 10.8. The molecule has 1 aliphatic heterocycles. The van der Waals surface area contributed by atoms with E-state index in [1.807, 2.05) is 24.1 Å². The lowest BCUT2D eigenvalue weighted by Gasteiger charge is -2.17. The van der Waals surface area contributed by atoms with Crippen LogP contribution in [0.15, 0.2) is 40.9 Å². The van der Waals surface area contributed by atoms with Gasteiger partial charge >= 0.3 is 0 Å². The fourth-order valence-electron chi connectivity index (χ4n) is 2.41. The molecule has 2 aromatic rings. The van der Waals surface area contributed by atoms with E-state index in [0.717, 1.165) is 27.2 Å². The molecule has 0 saturated heterocycles. The van der Waals surface area contributed by atoms with E-state index in [9.17, 15) is 4.79 Å². The zero-order valence-corrected chi connectivity index (χ0v) is 15.4. The second-order valence-electron chi connectivity index (χ2n) is 5.52. The number of benzene rings is 2. The molecule has 0 aromatic heterocycles. The highest BCUT2D eigenvalue weighted by molar-refractivity contribution is 9.10. The Labute approximate surface area is 153 Å². The lowest BCUT2D eigenvalue weighted by molar-refractivity contribution is -0.117. The van der Waals surface area contributed by atoms with Gasteiger partial charge in [0.25, 0.3) is 0 Å². The number of hydrogen-bond donors (Lipinski definition) is 1. The lowest BCUT2D eigenvalue weighted by Crippen LogP contribution is -2.29. The van der Waals surface area contributed by atoms with Crippen LogP contribution in [-0.2, 0) is 11.3 Å². The first-order valence-electron chi connectivity index (χ1n) is 7.33. The van der Waals surface area contributed by atoms with Crippen molar-refractivity contribution in [3.63, 3.8) is 0 Å². The number of halogens is 2. The second-order valence-corrected chi connectivity index (χ2v) is 6.82. The minimum Gasteiger partial charge on any atom is -0.454 e. The molecule has 2 aromatic carbocycles. The number of amides is 1. The van der Waals surface area contributed by atoms with Crippen LogP contribution in [-0.4, -0.2) is 31.2 Å². The summed E-state index contributed by atoms with van der Waals surface area (Å²) in [5.41, 5.74) is 1.75. The maximum atomic E-state index is 12.1. The zero-order valence-electron chi connectivity index (χ0n) is 13.0. The van der Waals surface area contributed by atoms with E-state index in [-0.39, 0.29) is 19.2 Å². The highest BCUT2D eigenvalue weighted by Gasteiger charge is 2.17. The van der Waals surface area contributed by atoms with E-state index in [2.05, 4.69) is 21.2 Å². The summed E-state index contributed by atoms with van der Waals surface area (Å²) >= 11 is 9.36. The van der Waals surface area contributed by atoms with Gasteiger partial charge in [-0.05, 0) is 49.0 Å². The number of fused-ring (bicyclic) bond motifs is 1. The molecule has 0 radical (unpaired) electrons. The van der Waals surface area contributed by atoms with Gasteiger partial charge in [0.1, 0.15) is 0 Å². The molecule has 24 heavy (non-hydrogen) atoms. The molecule has 1 aliphatic rings. The number of hydrogen-bond acceptors (Lipinski definition) is 4. The van der Waals surface area contributed by atoms with Crippen molar-refractivity contribution in [2.75, 3.05) is 25.7 Å². The Morgan fingerprint density at radius 3 is 2.62 bits per heavy atom. The van der Waals surface area contributed by atoms with Gasteiger partial charge in [0.05, 0.1) is 6.54 Å². The fourth-order valence-corrected chi connectivity index (χ4v) is 2.98. The van der Waals surface area contributed by atoms with E-state index in [0.29, 0.717) is 11.6 Å². The standard InChI is InChI=1S/C17H16BrClN2O3/c1-21(9-17(22)20-13-4-2-12(19)3-5-13)8-11-6-15-16(7-14(11)18)24-10-23-15/h2-7H,8-10H2,1H3,(H,20,22). The summed E-state index contributed by atoms with van der Waals surface area (Å²) in [7, 11) is 1.89. The van der Waals surface area contributed by atoms with Crippen molar-refractivity contribution in [1.82, 2.24) is 4.90 Å². The van der Waals surface area contributed by atoms with E-state index >= 15 is 0 Å². The number of carbonyl (C=O) groups excluding carboxylic acids is 1. The monoisotopic (exact) mass is 410 g/mol. The predicted molar refractivity (Wildman–Crippen MR) is 96.7 cm³/mol. The fraction of sp³-hybridized carbons (Fsp3) is 0.235. The summed E-state index contributed by atoms with van der Waals surface area (Å²) in [6.07, 6.45) is 0. The number of rotatable bonds is 5. The number of nitrogens with zero attached hydrogens (tertiary/aromatic N) is 1. The summed E-state index contributed by atoms with van der Waals surface area (Å²) in [6.45, 7) is 1.11. The highest BCUT2D eigenvalue weighted by Crippen LogP contribution is 2.37. The van der Waals surface area contributed by atoms with Crippen LogP contribution in [0.5, 0.6) is 11.5 Å². The molecule has 1 amide bonds. The molecule has 0 aliphatic carbocycles.